The van der Waals surface area contributed by atoms with Crippen LogP contribution in [-0.4, -0.2) is 12.9 Å². The van der Waals surface area contributed by atoms with E-state index in [1.54, 1.807) is 7.11 Å². The summed E-state index contributed by atoms with van der Waals surface area (Å²) >= 11 is 1.99. The van der Waals surface area contributed by atoms with E-state index in [0.29, 0.717) is 5.92 Å². The number of hydrogen-bond acceptors (Lipinski definition) is 2. The molecule has 0 saturated heterocycles. The highest BCUT2D eigenvalue weighted by molar-refractivity contribution is 7.99. The number of fused-ring (bicyclic) bond motifs is 6. The Morgan fingerprint density at radius 1 is 0.800 bits per heavy atom. The molecule has 146 valence electrons. The molecule has 4 aromatic rings. The van der Waals surface area contributed by atoms with Crippen molar-refractivity contribution in [2.45, 2.75) is 11.8 Å². The Morgan fingerprint density at radius 2 is 1.57 bits per heavy atom. The summed E-state index contributed by atoms with van der Waals surface area (Å²) < 4.78 is 5.61. The summed E-state index contributed by atoms with van der Waals surface area (Å²) in [6.45, 7) is 2.38. The average Bonchev–Trinajstić information content (AvgIpc) is 3.12. The van der Waals surface area contributed by atoms with Gasteiger partial charge in [0.15, 0.2) is 0 Å². The summed E-state index contributed by atoms with van der Waals surface area (Å²) in [7, 11) is 1.75. The zero-order valence-electron chi connectivity index (χ0n) is 17.1. The van der Waals surface area contributed by atoms with Crippen molar-refractivity contribution >= 4 is 33.7 Å². The summed E-state index contributed by atoms with van der Waals surface area (Å²) in [5, 5.41) is 2.66. The molecule has 0 aromatic heterocycles. The third kappa shape index (κ3) is 2.50. The highest BCUT2D eigenvalue weighted by atomic mass is 32.2. The van der Waals surface area contributed by atoms with Crippen LogP contribution in [0, 0.1) is 5.92 Å². The second-order valence-corrected chi connectivity index (χ2v) is 9.18. The molecule has 1 aliphatic carbocycles. The van der Waals surface area contributed by atoms with Gasteiger partial charge in [0.05, 0.1) is 7.11 Å². The average molecular weight is 407 g/mol. The molecule has 0 bridgehead atoms. The van der Waals surface area contributed by atoms with Crippen molar-refractivity contribution in [3.05, 3.63) is 95.6 Å². The van der Waals surface area contributed by atoms with E-state index < -0.39 is 0 Å². The second kappa shape index (κ2) is 6.78. The van der Waals surface area contributed by atoms with Gasteiger partial charge in [-0.15, -0.1) is 11.8 Å². The molecule has 1 nitrogen and oxygen atoms in total. The zero-order valence-corrected chi connectivity index (χ0v) is 17.9. The number of benzene rings is 4. The van der Waals surface area contributed by atoms with Gasteiger partial charge in [-0.05, 0) is 73.9 Å². The molecule has 0 radical (unpaired) electrons. The van der Waals surface area contributed by atoms with Gasteiger partial charge in [0.1, 0.15) is 5.75 Å². The van der Waals surface area contributed by atoms with Crippen molar-refractivity contribution < 1.29 is 4.74 Å². The quantitative estimate of drug-likeness (QED) is 0.284. The van der Waals surface area contributed by atoms with Gasteiger partial charge in [0.2, 0.25) is 0 Å². The maximum Gasteiger partial charge on any atom is 0.119 e. The van der Waals surface area contributed by atoms with Crippen LogP contribution in [0.1, 0.15) is 23.6 Å². The predicted octanol–water partition coefficient (Wildman–Crippen LogP) is 7.53. The molecular weight excluding hydrogens is 384 g/mol. The first-order chi connectivity index (χ1) is 14.8. The van der Waals surface area contributed by atoms with E-state index in [9.17, 15) is 0 Å². The SMILES string of the molecule is COc1ccc2c(c1)/C(=C1/c3c(ccc4ccccc34)SCC1C)c1ccccc1-2. The van der Waals surface area contributed by atoms with Crippen LogP contribution in [0.15, 0.2) is 83.8 Å². The third-order valence-electron chi connectivity index (χ3n) is 6.39. The number of hydrogen-bond donors (Lipinski definition) is 0. The van der Waals surface area contributed by atoms with Crippen molar-refractivity contribution in [1.29, 1.82) is 0 Å². The highest BCUT2D eigenvalue weighted by Gasteiger charge is 2.32. The summed E-state index contributed by atoms with van der Waals surface area (Å²) in [6, 6.07) is 28.7. The lowest BCUT2D eigenvalue weighted by molar-refractivity contribution is 0.415. The third-order valence-corrected chi connectivity index (χ3v) is 7.71. The van der Waals surface area contributed by atoms with Gasteiger partial charge in [-0.3, -0.25) is 0 Å². The Morgan fingerprint density at radius 3 is 2.43 bits per heavy atom. The van der Waals surface area contributed by atoms with Gasteiger partial charge in [-0.2, -0.15) is 0 Å². The van der Waals surface area contributed by atoms with Crippen LogP contribution in [0.4, 0.5) is 0 Å². The summed E-state index contributed by atoms with van der Waals surface area (Å²) in [5.41, 5.74) is 9.53. The Hall–Kier alpha value is -2.97. The maximum atomic E-state index is 5.61. The molecule has 2 heteroatoms. The smallest absolute Gasteiger partial charge is 0.119 e. The second-order valence-electron chi connectivity index (χ2n) is 8.12. The van der Waals surface area contributed by atoms with Crippen molar-refractivity contribution in [3.63, 3.8) is 0 Å². The highest BCUT2D eigenvalue weighted by Crippen LogP contribution is 2.54. The molecule has 6 rings (SSSR count). The van der Waals surface area contributed by atoms with E-state index in [0.717, 1.165) is 11.5 Å². The van der Waals surface area contributed by atoms with Gasteiger partial charge in [0.25, 0.3) is 0 Å². The van der Waals surface area contributed by atoms with Gasteiger partial charge in [-0.1, -0.05) is 67.6 Å². The molecule has 0 saturated carbocycles. The topological polar surface area (TPSA) is 9.23 Å². The lowest BCUT2D eigenvalue weighted by atomic mass is 9.83. The molecule has 1 aliphatic heterocycles. The molecule has 0 spiro atoms. The monoisotopic (exact) mass is 406 g/mol. The minimum Gasteiger partial charge on any atom is -0.497 e. The van der Waals surface area contributed by atoms with E-state index in [1.807, 2.05) is 11.8 Å². The van der Waals surface area contributed by atoms with E-state index in [2.05, 4.69) is 85.8 Å². The number of ether oxygens (including phenoxy) is 1. The molecule has 0 fully saturated rings. The Balaban J connectivity index is 1.77. The van der Waals surface area contributed by atoms with Gasteiger partial charge >= 0.3 is 0 Å². The Labute approximate surface area is 181 Å². The van der Waals surface area contributed by atoms with Crippen LogP contribution in [0.25, 0.3) is 33.0 Å². The fourth-order valence-corrected chi connectivity index (χ4v) is 6.15. The molecule has 2 aliphatic rings. The minimum absolute atomic E-state index is 0.466. The first kappa shape index (κ1) is 17.9. The van der Waals surface area contributed by atoms with Gasteiger partial charge < -0.3 is 4.74 Å². The van der Waals surface area contributed by atoms with E-state index in [1.165, 1.54) is 54.6 Å². The molecule has 1 atom stereocenters. The molecule has 1 unspecified atom stereocenters. The zero-order chi connectivity index (χ0) is 20.2. The minimum atomic E-state index is 0.466. The van der Waals surface area contributed by atoms with Crippen molar-refractivity contribution in [3.8, 4) is 16.9 Å². The molecule has 0 N–H and O–H groups in total. The van der Waals surface area contributed by atoms with Gasteiger partial charge in [-0.25, -0.2) is 0 Å². The number of methoxy groups -OCH3 is 1. The fourth-order valence-electron chi connectivity index (χ4n) is 5.03. The predicted molar refractivity (Wildman–Crippen MR) is 128 cm³/mol. The number of thioether (sulfide) groups is 1. The summed E-state index contributed by atoms with van der Waals surface area (Å²) in [4.78, 5) is 1.39. The largest absolute Gasteiger partial charge is 0.497 e. The number of allylic oxidation sites excluding steroid dienone is 1. The molecule has 30 heavy (non-hydrogen) atoms. The summed E-state index contributed by atoms with van der Waals surface area (Å²) in [6.07, 6.45) is 0. The van der Waals surface area contributed by atoms with Crippen molar-refractivity contribution in [2.75, 3.05) is 12.9 Å². The first-order valence-corrected chi connectivity index (χ1v) is 11.4. The normalized spacial score (nSPS) is 19.3. The van der Waals surface area contributed by atoms with E-state index in [-0.39, 0.29) is 0 Å². The van der Waals surface area contributed by atoms with Crippen LogP contribution in [0.3, 0.4) is 0 Å². The standard InChI is InChI=1S/C28H22OS/c1-17-16-30-25-14-11-18-7-3-4-8-20(18)28(25)26(17)27-23-10-6-5-9-21(23)22-13-12-19(29-2)15-24(22)27/h3-15,17H,16H2,1-2H3/b27-26+. The van der Waals surface area contributed by atoms with Crippen molar-refractivity contribution in [1.82, 2.24) is 0 Å². The number of rotatable bonds is 1. The van der Waals surface area contributed by atoms with E-state index >= 15 is 0 Å². The van der Waals surface area contributed by atoms with Crippen LogP contribution < -0.4 is 4.74 Å². The van der Waals surface area contributed by atoms with Gasteiger partial charge in [0, 0.05) is 10.6 Å². The van der Waals surface area contributed by atoms with Crippen LogP contribution in [0.2, 0.25) is 0 Å². The molecule has 0 amide bonds. The first-order valence-electron chi connectivity index (χ1n) is 10.4. The van der Waals surface area contributed by atoms with Crippen LogP contribution >= 0.6 is 11.8 Å². The fraction of sp³-hybridized carbons (Fsp3) is 0.143. The van der Waals surface area contributed by atoms with E-state index in [4.69, 9.17) is 4.74 Å². The molecular formula is C28H22OS. The lowest BCUT2D eigenvalue weighted by Gasteiger charge is -2.29. The van der Waals surface area contributed by atoms with Crippen LogP contribution in [0.5, 0.6) is 5.75 Å². The maximum absolute atomic E-state index is 5.61. The summed E-state index contributed by atoms with van der Waals surface area (Å²) in [5.74, 6) is 2.48. The Kier molecular flexibility index (Phi) is 4.04. The molecule has 4 aromatic carbocycles. The van der Waals surface area contributed by atoms with Crippen LogP contribution in [-0.2, 0) is 0 Å². The molecule has 1 heterocycles. The lowest BCUT2D eigenvalue weighted by Crippen LogP contribution is -2.11. The Bertz CT molecular complexity index is 1350. The van der Waals surface area contributed by atoms with Crippen molar-refractivity contribution in [2.24, 2.45) is 5.92 Å².